The zero-order valence-electron chi connectivity index (χ0n) is 14.1. The lowest BCUT2D eigenvalue weighted by Gasteiger charge is -2.24. The quantitative estimate of drug-likeness (QED) is 0.311. The van der Waals surface area contributed by atoms with Crippen LogP contribution in [-0.2, 0) is 14.3 Å². The third-order valence-electron chi connectivity index (χ3n) is 4.36. The number of hydrogen-bond donors (Lipinski definition) is 1. The van der Waals surface area contributed by atoms with Crippen LogP contribution in [0.2, 0.25) is 15.1 Å². The van der Waals surface area contributed by atoms with Crippen LogP contribution >= 0.6 is 34.8 Å². The maximum atomic E-state index is 12.5. The van der Waals surface area contributed by atoms with E-state index in [-0.39, 0.29) is 32.7 Å². The lowest BCUT2D eigenvalue weighted by molar-refractivity contribution is -0.158. The number of carboxylic acids is 1. The minimum absolute atomic E-state index is 0.0364. The average molecular weight is 424 g/mol. The van der Waals surface area contributed by atoms with Crippen molar-refractivity contribution >= 4 is 52.7 Å². The van der Waals surface area contributed by atoms with E-state index in [0.717, 1.165) is 18.9 Å². The van der Waals surface area contributed by atoms with E-state index in [0.29, 0.717) is 12.3 Å². The third-order valence-corrected chi connectivity index (χ3v) is 5.43. The topological polar surface area (TPSA) is 89.9 Å². The SMILES string of the molecule is CC(C)(CCOC(=O)c1c(Cl)c(Cl)cc(Cl)c1OC(=O)C(=O)O)C1CC1. The largest absolute Gasteiger partial charge is 0.473 e. The van der Waals surface area contributed by atoms with Gasteiger partial charge in [-0.15, -0.1) is 0 Å². The molecule has 0 heterocycles. The zero-order chi connectivity index (χ0) is 19.6. The van der Waals surface area contributed by atoms with Crippen LogP contribution in [0.4, 0.5) is 0 Å². The molecule has 0 amide bonds. The zero-order valence-corrected chi connectivity index (χ0v) is 16.4. The standard InChI is InChI=1S/C17H17Cl3O6/c1-17(2,8-3-4-8)5-6-25-15(23)11-12(20)9(18)7-10(19)13(11)26-16(24)14(21)22/h7-8H,3-6H2,1-2H3,(H,21,22). The normalized spacial score (nSPS) is 14.0. The van der Waals surface area contributed by atoms with Gasteiger partial charge >= 0.3 is 17.9 Å². The van der Waals surface area contributed by atoms with Gasteiger partial charge in [0.1, 0.15) is 5.56 Å². The summed E-state index contributed by atoms with van der Waals surface area (Å²) < 4.78 is 9.91. The molecule has 0 saturated heterocycles. The van der Waals surface area contributed by atoms with Crippen molar-refractivity contribution in [2.75, 3.05) is 6.61 Å². The maximum absolute atomic E-state index is 12.5. The summed E-state index contributed by atoms with van der Waals surface area (Å²) in [6.07, 6.45) is 2.96. The molecule has 2 rings (SSSR count). The summed E-state index contributed by atoms with van der Waals surface area (Å²) in [6, 6.07) is 1.14. The van der Waals surface area contributed by atoms with Gasteiger partial charge in [0.15, 0.2) is 5.75 Å². The molecular weight excluding hydrogens is 407 g/mol. The smallest absolute Gasteiger partial charge is 0.422 e. The summed E-state index contributed by atoms with van der Waals surface area (Å²) in [6.45, 7) is 4.32. The number of aliphatic carboxylic acids is 1. The van der Waals surface area contributed by atoms with Crippen molar-refractivity contribution in [3.05, 3.63) is 26.7 Å². The first-order valence-electron chi connectivity index (χ1n) is 7.84. The van der Waals surface area contributed by atoms with E-state index in [1.807, 2.05) is 0 Å². The highest BCUT2D eigenvalue weighted by molar-refractivity contribution is 6.46. The third kappa shape index (κ3) is 4.81. The van der Waals surface area contributed by atoms with Crippen molar-refractivity contribution in [1.29, 1.82) is 0 Å². The monoisotopic (exact) mass is 422 g/mol. The van der Waals surface area contributed by atoms with E-state index in [4.69, 9.17) is 44.6 Å². The Morgan fingerprint density at radius 3 is 2.35 bits per heavy atom. The van der Waals surface area contributed by atoms with Crippen LogP contribution in [0.15, 0.2) is 6.07 Å². The highest BCUT2D eigenvalue weighted by atomic mass is 35.5. The fourth-order valence-electron chi connectivity index (χ4n) is 2.54. The molecule has 6 nitrogen and oxygen atoms in total. The van der Waals surface area contributed by atoms with E-state index >= 15 is 0 Å². The minimum atomic E-state index is -1.85. The van der Waals surface area contributed by atoms with Crippen LogP contribution in [0.1, 0.15) is 43.5 Å². The number of benzene rings is 1. The predicted molar refractivity (Wildman–Crippen MR) is 96.1 cm³/mol. The van der Waals surface area contributed by atoms with Gasteiger partial charge < -0.3 is 14.6 Å². The summed E-state index contributed by atoms with van der Waals surface area (Å²) >= 11 is 17.9. The van der Waals surface area contributed by atoms with Gasteiger partial charge in [-0.2, -0.15) is 0 Å². The summed E-state index contributed by atoms with van der Waals surface area (Å²) in [5.41, 5.74) is -0.350. The molecule has 1 aromatic carbocycles. The molecule has 9 heteroatoms. The van der Waals surface area contributed by atoms with Gasteiger partial charge in [0.05, 0.1) is 21.7 Å². The fraction of sp³-hybridized carbons (Fsp3) is 0.471. The Hall–Kier alpha value is -1.50. The molecule has 0 atom stereocenters. The van der Waals surface area contributed by atoms with E-state index in [2.05, 4.69) is 18.6 Å². The average Bonchev–Trinajstić information content (AvgIpc) is 3.37. The lowest BCUT2D eigenvalue weighted by atomic mass is 9.84. The summed E-state index contributed by atoms with van der Waals surface area (Å²) in [5.74, 6) is -4.26. The van der Waals surface area contributed by atoms with Crippen molar-refractivity contribution in [1.82, 2.24) is 0 Å². The Morgan fingerprint density at radius 2 is 1.81 bits per heavy atom. The summed E-state index contributed by atoms with van der Waals surface area (Å²) in [4.78, 5) is 34.5. The van der Waals surface area contributed by atoms with Gasteiger partial charge in [0.25, 0.3) is 0 Å². The van der Waals surface area contributed by atoms with Crippen LogP contribution in [0.3, 0.4) is 0 Å². The molecule has 0 spiro atoms. The van der Waals surface area contributed by atoms with Gasteiger partial charge in [-0.3, -0.25) is 0 Å². The number of carboxylic acid groups (broad SMARTS) is 1. The van der Waals surface area contributed by atoms with E-state index < -0.39 is 23.7 Å². The van der Waals surface area contributed by atoms with Crippen LogP contribution in [-0.4, -0.2) is 29.6 Å². The Balaban J connectivity index is 2.20. The van der Waals surface area contributed by atoms with Crippen molar-refractivity contribution in [2.45, 2.75) is 33.1 Å². The number of halogens is 3. The lowest BCUT2D eigenvalue weighted by Crippen LogP contribution is -2.22. The summed E-state index contributed by atoms with van der Waals surface area (Å²) in [7, 11) is 0. The molecule has 0 aromatic heterocycles. The first-order valence-corrected chi connectivity index (χ1v) is 8.97. The van der Waals surface area contributed by atoms with E-state index in [1.54, 1.807) is 0 Å². The molecule has 26 heavy (non-hydrogen) atoms. The molecule has 1 aromatic rings. The Bertz CT molecular complexity index is 755. The molecule has 0 unspecified atom stereocenters. The van der Waals surface area contributed by atoms with Gasteiger partial charge in [0.2, 0.25) is 0 Å². The van der Waals surface area contributed by atoms with E-state index in [1.165, 1.54) is 0 Å². The first-order chi connectivity index (χ1) is 12.0. The molecule has 1 aliphatic carbocycles. The second-order valence-electron chi connectivity index (χ2n) is 6.70. The minimum Gasteiger partial charge on any atom is -0.473 e. The van der Waals surface area contributed by atoms with Gasteiger partial charge in [-0.25, -0.2) is 14.4 Å². The van der Waals surface area contributed by atoms with Crippen molar-refractivity contribution in [3.63, 3.8) is 0 Å². The molecule has 0 bridgehead atoms. The molecule has 0 radical (unpaired) electrons. The van der Waals surface area contributed by atoms with Crippen LogP contribution in [0, 0.1) is 11.3 Å². The first kappa shape index (κ1) is 20.8. The number of carbonyl (C=O) groups excluding carboxylic acids is 2. The van der Waals surface area contributed by atoms with Gasteiger partial charge in [0, 0.05) is 0 Å². The number of rotatable bonds is 6. The van der Waals surface area contributed by atoms with Gasteiger partial charge in [-0.1, -0.05) is 48.7 Å². The van der Waals surface area contributed by atoms with E-state index in [9.17, 15) is 14.4 Å². The van der Waals surface area contributed by atoms with Crippen LogP contribution in [0.5, 0.6) is 5.75 Å². The van der Waals surface area contributed by atoms with Crippen molar-refractivity contribution < 1.29 is 29.0 Å². The predicted octanol–water partition coefficient (Wildman–Crippen LogP) is 4.62. The van der Waals surface area contributed by atoms with Crippen molar-refractivity contribution in [2.24, 2.45) is 11.3 Å². The number of hydrogen-bond acceptors (Lipinski definition) is 5. The number of carbonyl (C=O) groups is 3. The van der Waals surface area contributed by atoms with Gasteiger partial charge in [-0.05, 0) is 36.7 Å². The Morgan fingerprint density at radius 1 is 1.19 bits per heavy atom. The molecule has 1 aliphatic rings. The van der Waals surface area contributed by atoms with Crippen LogP contribution in [0.25, 0.3) is 0 Å². The molecule has 0 aliphatic heterocycles. The number of ether oxygens (including phenoxy) is 2. The molecule has 1 saturated carbocycles. The highest BCUT2D eigenvalue weighted by Crippen LogP contribution is 2.47. The molecule has 142 valence electrons. The fourth-order valence-corrected chi connectivity index (χ4v) is 3.26. The van der Waals surface area contributed by atoms with Crippen LogP contribution < -0.4 is 4.74 Å². The summed E-state index contributed by atoms with van der Waals surface area (Å²) in [5, 5.41) is 8.15. The maximum Gasteiger partial charge on any atom is 0.422 e. The Kier molecular flexibility index (Phi) is 6.42. The molecule has 1 fully saturated rings. The number of esters is 2. The second kappa shape index (κ2) is 8.03. The Labute approximate surface area is 165 Å². The second-order valence-corrected chi connectivity index (χ2v) is 7.89. The molecule has 1 N–H and O–H groups in total. The highest BCUT2D eigenvalue weighted by Gasteiger charge is 2.37. The molecular formula is C17H17Cl3O6. The van der Waals surface area contributed by atoms with Crippen molar-refractivity contribution in [3.8, 4) is 5.75 Å².